The third-order valence-corrected chi connectivity index (χ3v) is 5.10. The Kier molecular flexibility index (Phi) is 5.54. The maximum Gasteiger partial charge on any atom is 0.416 e. The molecule has 0 fully saturated rings. The second-order valence-electron chi connectivity index (χ2n) is 7.18. The first-order valence-electron chi connectivity index (χ1n) is 9.57. The van der Waals surface area contributed by atoms with E-state index in [2.05, 4.69) is 10.4 Å². The molecule has 0 aliphatic carbocycles. The van der Waals surface area contributed by atoms with E-state index in [1.165, 1.54) is 35.0 Å². The molecule has 3 aromatic rings. The van der Waals surface area contributed by atoms with Crippen molar-refractivity contribution in [2.75, 3.05) is 23.9 Å². The number of hydrogen-bond donors (Lipinski definition) is 2. The number of anilines is 2. The average Bonchev–Trinajstić information content (AvgIpc) is 3.20. The maximum absolute atomic E-state index is 14.2. The zero-order valence-electron chi connectivity index (χ0n) is 17.1. The fourth-order valence-electron chi connectivity index (χ4n) is 3.44. The highest BCUT2D eigenvalue weighted by Crippen LogP contribution is 2.33. The van der Waals surface area contributed by atoms with Gasteiger partial charge >= 0.3 is 6.18 Å². The summed E-state index contributed by atoms with van der Waals surface area (Å²) in [6.07, 6.45) is -4.16. The fraction of sp³-hybridized carbons (Fsp3) is 0.190. The minimum atomic E-state index is -4.52. The molecule has 8 nitrogen and oxygen atoms in total. The summed E-state index contributed by atoms with van der Waals surface area (Å²) in [5.41, 5.74) is 4.98. The number of benzene rings is 2. The molecule has 0 bridgehead atoms. The predicted molar refractivity (Wildman–Crippen MR) is 109 cm³/mol. The summed E-state index contributed by atoms with van der Waals surface area (Å²) < 4.78 is 58.9. The molecule has 33 heavy (non-hydrogen) atoms. The summed E-state index contributed by atoms with van der Waals surface area (Å²) in [6, 6.07) is 7.63. The van der Waals surface area contributed by atoms with Crippen LogP contribution in [0, 0.1) is 5.82 Å². The van der Waals surface area contributed by atoms with Crippen LogP contribution >= 0.6 is 0 Å². The number of methoxy groups -OCH3 is 1. The quantitative estimate of drug-likeness (QED) is 0.578. The van der Waals surface area contributed by atoms with E-state index in [4.69, 9.17) is 10.5 Å². The normalized spacial score (nSPS) is 15.9. The summed E-state index contributed by atoms with van der Waals surface area (Å²) in [4.78, 5) is 27.0. The topological polar surface area (TPSA) is 102 Å². The maximum atomic E-state index is 14.2. The van der Waals surface area contributed by atoms with Gasteiger partial charge in [-0.2, -0.15) is 18.3 Å². The molecule has 1 aliphatic heterocycles. The second-order valence-corrected chi connectivity index (χ2v) is 7.18. The van der Waals surface area contributed by atoms with Crippen LogP contribution in [0.3, 0.4) is 0 Å². The standard InChI is InChI=1S/C21H17F4N5O3/c1-33-13-6-7-15(22)14(8-13)19(31)28-16-9-27-30-17(26)10-29(20(32)18(16)30)12-4-2-11(3-5-12)21(23,24)25/h2-9,17H,10,26H2,1H3,(H,28,31). The lowest BCUT2D eigenvalue weighted by Crippen LogP contribution is -2.46. The van der Waals surface area contributed by atoms with Gasteiger partial charge in [-0.25, -0.2) is 9.07 Å². The minimum absolute atomic E-state index is 0.0284. The smallest absolute Gasteiger partial charge is 0.416 e. The van der Waals surface area contributed by atoms with E-state index in [0.29, 0.717) is 0 Å². The number of nitrogens with two attached hydrogens (primary N) is 1. The van der Waals surface area contributed by atoms with Gasteiger partial charge in [0.1, 0.15) is 17.7 Å². The average molecular weight is 463 g/mol. The molecule has 172 valence electrons. The molecule has 0 saturated heterocycles. The van der Waals surface area contributed by atoms with Crippen molar-refractivity contribution in [3.8, 4) is 5.75 Å². The predicted octanol–water partition coefficient (Wildman–Crippen LogP) is 3.42. The largest absolute Gasteiger partial charge is 0.497 e. The molecule has 4 rings (SSSR count). The summed E-state index contributed by atoms with van der Waals surface area (Å²) in [7, 11) is 1.36. The highest BCUT2D eigenvalue weighted by Gasteiger charge is 2.35. The van der Waals surface area contributed by atoms with Crippen LogP contribution in [0.5, 0.6) is 5.75 Å². The summed E-state index contributed by atoms with van der Waals surface area (Å²) in [5, 5.41) is 6.47. The van der Waals surface area contributed by atoms with Crippen LogP contribution in [0.1, 0.15) is 32.6 Å². The Morgan fingerprint density at radius 2 is 1.91 bits per heavy atom. The lowest BCUT2D eigenvalue weighted by atomic mass is 10.1. The molecule has 2 amide bonds. The Labute approximate surface area is 184 Å². The van der Waals surface area contributed by atoms with Gasteiger partial charge < -0.3 is 20.7 Å². The SMILES string of the molecule is COc1ccc(F)c(C(=O)Nc2cnn3c2C(=O)N(c2ccc(C(F)(F)F)cc2)CC3N)c1. The Hall–Kier alpha value is -3.93. The van der Waals surface area contributed by atoms with Gasteiger partial charge in [0.25, 0.3) is 11.8 Å². The molecule has 2 heterocycles. The molecule has 0 spiro atoms. The number of carbonyl (C=O) groups is 2. The Balaban J connectivity index is 1.64. The summed E-state index contributed by atoms with van der Waals surface area (Å²) >= 11 is 0. The Morgan fingerprint density at radius 1 is 1.21 bits per heavy atom. The first-order valence-corrected chi connectivity index (χ1v) is 9.57. The van der Waals surface area contributed by atoms with E-state index in [1.54, 1.807) is 0 Å². The van der Waals surface area contributed by atoms with Gasteiger partial charge in [0.05, 0.1) is 36.7 Å². The molecule has 12 heteroatoms. The summed E-state index contributed by atoms with van der Waals surface area (Å²) in [6.45, 7) is -0.0588. The van der Waals surface area contributed by atoms with Gasteiger partial charge in [0.15, 0.2) is 5.69 Å². The first kappa shape index (κ1) is 22.3. The molecular weight excluding hydrogens is 446 g/mol. The van der Waals surface area contributed by atoms with Crippen molar-refractivity contribution in [3.63, 3.8) is 0 Å². The second kappa shape index (κ2) is 8.20. The van der Waals surface area contributed by atoms with Crippen LogP contribution in [-0.4, -0.2) is 35.2 Å². The molecule has 2 aromatic carbocycles. The molecular formula is C21H17F4N5O3. The molecule has 3 N–H and O–H groups in total. The number of ether oxygens (including phenoxy) is 1. The molecule has 1 unspecified atom stereocenters. The van der Waals surface area contributed by atoms with Gasteiger partial charge in [0, 0.05) is 5.69 Å². The monoisotopic (exact) mass is 463 g/mol. The fourth-order valence-corrected chi connectivity index (χ4v) is 3.44. The molecule has 1 aromatic heterocycles. The van der Waals surface area contributed by atoms with E-state index >= 15 is 0 Å². The third kappa shape index (κ3) is 4.12. The van der Waals surface area contributed by atoms with E-state index in [1.807, 2.05) is 0 Å². The van der Waals surface area contributed by atoms with Gasteiger partial charge in [-0.05, 0) is 42.5 Å². The number of alkyl halides is 3. The van der Waals surface area contributed by atoms with Crippen molar-refractivity contribution in [3.05, 3.63) is 71.3 Å². The van der Waals surface area contributed by atoms with Crippen molar-refractivity contribution in [1.29, 1.82) is 0 Å². The number of fused-ring (bicyclic) bond motifs is 1. The van der Waals surface area contributed by atoms with Crippen molar-refractivity contribution in [2.45, 2.75) is 12.3 Å². The highest BCUT2D eigenvalue weighted by molar-refractivity contribution is 6.13. The highest BCUT2D eigenvalue weighted by atomic mass is 19.4. The van der Waals surface area contributed by atoms with Gasteiger partial charge in [-0.15, -0.1) is 0 Å². The van der Waals surface area contributed by atoms with Gasteiger partial charge in [-0.3, -0.25) is 9.59 Å². The first-order chi connectivity index (χ1) is 15.6. The Morgan fingerprint density at radius 3 is 2.55 bits per heavy atom. The number of rotatable bonds is 4. The van der Waals surface area contributed by atoms with Crippen LogP contribution in [0.2, 0.25) is 0 Å². The van der Waals surface area contributed by atoms with E-state index < -0.39 is 35.5 Å². The van der Waals surface area contributed by atoms with Crippen molar-refractivity contribution in [2.24, 2.45) is 5.73 Å². The van der Waals surface area contributed by atoms with E-state index in [-0.39, 0.29) is 34.9 Å². The zero-order valence-corrected chi connectivity index (χ0v) is 17.1. The summed E-state index contributed by atoms with van der Waals surface area (Å²) in [5.74, 6) is -2.04. The number of nitrogens with one attached hydrogen (secondary N) is 1. The number of nitrogens with zero attached hydrogens (tertiary/aromatic N) is 3. The van der Waals surface area contributed by atoms with E-state index in [0.717, 1.165) is 30.3 Å². The lowest BCUT2D eigenvalue weighted by molar-refractivity contribution is -0.137. The van der Waals surface area contributed by atoms with Gasteiger partial charge in [-0.1, -0.05) is 0 Å². The zero-order chi connectivity index (χ0) is 23.9. The number of carbonyl (C=O) groups excluding carboxylic acids is 2. The van der Waals surface area contributed by atoms with Crippen LogP contribution in [-0.2, 0) is 6.18 Å². The number of hydrogen-bond acceptors (Lipinski definition) is 5. The van der Waals surface area contributed by atoms with Crippen LogP contribution < -0.4 is 20.7 Å². The Bertz CT molecular complexity index is 1220. The molecule has 1 atom stereocenters. The van der Waals surface area contributed by atoms with Crippen molar-refractivity contribution in [1.82, 2.24) is 9.78 Å². The van der Waals surface area contributed by atoms with Crippen LogP contribution in [0.4, 0.5) is 28.9 Å². The number of amides is 2. The van der Waals surface area contributed by atoms with Crippen molar-refractivity contribution >= 4 is 23.2 Å². The minimum Gasteiger partial charge on any atom is -0.497 e. The molecule has 1 aliphatic rings. The number of halogens is 4. The van der Waals surface area contributed by atoms with E-state index in [9.17, 15) is 27.2 Å². The van der Waals surface area contributed by atoms with Crippen molar-refractivity contribution < 1.29 is 31.9 Å². The number of aromatic nitrogens is 2. The molecule has 0 saturated carbocycles. The lowest BCUT2D eigenvalue weighted by Gasteiger charge is -2.32. The van der Waals surface area contributed by atoms with Gasteiger partial charge in [0.2, 0.25) is 0 Å². The van der Waals surface area contributed by atoms with Crippen LogP contribution in [0.15, 0.2) is 48.7 Å². The molecule has 0 radical (unpaired) electrons. The van der Waals surface area contributed by atoms with Crippen LogP contribution in [0.25, 0.3) is 0 Å². The third-order valence-electron chi connectivity index (χ3n) is 5.10.